The van der Waals surface area contributed by atoms with Crippen LogP contribution in [-0.2, 0) is 12.8 Å². The minimum absolute atomic E-state index is 0.174. The van der Waals surface area contributed by atoms with Crippen LogP contribution in [0, 0.1) is 12.3 Å². The standard InChI is InChI=1S/C23H28N2O3/c1-17-14-19(9-8-18-6-3-2-4-7-18)28-22(27)20(17)21(26)25-13-5-10-23(16-25)11-12-24-15-23/h2-4,6-7,14,24H,5,8-13,15-16H2,1H3. The van der Waals surface area contributed by atoms with E-state index in [1.807, 2.05) is 36.1 Å². The van der Waals surface area contributed by atoms with Gasteiger partial charge in [0.25, 0.3) is 5.91 Å². The maximum absolute atomic E-state index is 13.1. The van der Waals surface area contributed by atoms with Crippen LogP contribution in [0.3, 0.4) is 0 Å². The number of hydrogen-bond donors (Lipinski definition) is 1. The van der Waals surface area contributed by atoms with Crippen molar-refractivity contribution in [1.29, 1.82) is 0 Å². The lowest BCUT2D eigenvalue weighted by Gasteiger charge is -2.40. The molecular weight excluding hydrogens is 352 g/mol. The zero-order chi connectivity index (χ0) is 19.6. The lowest BCUT2D eigenvalue weighted by molar-refractivity contribution is 0.0548. The summed E-state index contributed by atoms with van der Waals surface area (Å²) < 4.78 is 5.52. The summed E-state index contributed by atoms with van der Waals surface area (Å²) in [6.07, 6.45) is 4.69. The topological polar surface area (TPSA) is 62.6 Å². The van der Waals surface area contributed by atoms with Gasteiger partial charge in [-0.05, 0) is 56.3 Å². The second kappa shape index (κ2) is 7.92. The Hall–Kier alpha value is -2.40. The summed E-state index contributed by atoms with van der Waals surface area (Å²) >= 11 is 0. The van der Waals surface area contributed by atoms with Crippen LogP contribution in [-0.4, -0.2) is 37.0 Å². The number of aryl methyl sites for hydroxylation is 3. The lowest BCUT2D eigenvalue weighted by atomic mass is 9.79. The molecule has 1 aromatic carbocycles. The van der Waals surface area contributed by atoms with Crippen molar-refractivity contribution < 1.29 is 9.21 Å². The molecule has 0 radical (unpaired) electrons. The van der Waals surface area contributed by atoms with E-state index in [4.69, 9.17) is 4.42 Å². The van der Waals surface area contributed by atoms with Crippen molar-refractivity contribution in [3.05, 3.63) is 69.3 Å². The fourth-order valence-corrected chi connectivity index (χ4v) is 4.65. The van der Waals surface area contributed by atoms with Gasteiger partial charge in [-0.15, -0.1) is 0 Å². The molecule has 5 heteroatoms. The zero-order valence-corrected chi connectivity index (χ0v) is 16.5. The highest BCUT2D eigenvalue weighted by atomic mass is 16.4. The van der Waals surface area contributed by atoms with E-state index in [0.29, 0.717) is 17.7 Å². The lowest BCUT2D eigenvalue weighted by Crippen LogP contribution is -2.48. The molecule has 2 aliphatic heterocycles. The molecule has 5 nitrogen and oxygen atoms in total. The monoisotopic (exact) mass is 380 g/mol. The van der Waals surface area contributed by atoms with Crippen molar-refractivity contribution >= 4 is 5.91 Å². The summed E-state index contributed by atoms with van der Waals surface area (Å²) in [5, 5.41) is 3.42. The Labute approximate surface area is 165 Å². The minimum atomic E-state index is -0.503. The Morgan fingerprint density at radius 2 is 2.04 bits per heavy atom. The number of carbonyl (C=O) groups excluding carboxylic acids is 1. The molecule has 0 bridgehead atoms. The van der Waals surface area contributed by atoms with E-state index >= 15 is 0 Å². The highest BCUT2D eigenvalue weighted by molar-refractivity contribution is 5.95. The summed E-state index contributed by atoms with van der Waals surface area (Å²) in [7, 11) is 0. The highest BCUT2D eigenvalue weighted by Crippen LogP contribution is 2.36. The Morgan fingerprint density at radius 3 is 2.75 bits per heavy atom. The van der Waals surface area contributed by atoms with E-state index in [1.165, 1.54) is 5.56 Å². The van der Waals surface area contributed by atoms with Gasteiger partial charge in [-0.3, -0.25) is 4.79 Å². The highest BCUT2D eigenvalue weighted by Gasteiger charge is 2.40. The first-order valence-electron chi connectivity index (χ1n) is 10.2. The molecule has 1 spiro atoms. The molecule has 0 saturated carbocycles. The average molecular weight is 380 g/mol. The molecule has 2 saturated heterocycles. The third-order valence-corrected chi connectivity index (χ3v) is 6.20. The summed E-state index contributed by atoms with van der Waals surface area (Å²) in [5.74, 6) is 0.463. The molecule has 3 heterocycles. The van der Waals surface area contributed by atoms with Crippen LogP contribution in [0.25, 0.3) is 0 Å². The fraction of sp³-hybridized carbons (Fsp3) is 0.478. The van der Waals surface area contributed by atoms with Gasteiger partial charge in [0.1, 0.15) is 11.3 Å². The Balaban J connectivity index is 1.50. The first-order chi connectivity index (χ1) is 13.6. The number of piperidine rings is 1. The molecule has 4 rings (SSSR count). The van der Waals surface area contributed by atoms with E-state index in [0.717, 1.165) is 51.9 Å². The maximum atomic E-state index is 13.1. The number of carbonyl (C=O) groups is 1. The van der Waals surface area contributed by atoms with Gasteiger partial charge < -0.3 is 14.6 Å². The molecule has 1 aromatic heterocycles. The van der Waals surface area contributed by atoms with Crippen LogP contribution in [0.1, 0.15) is 46.5 Å². The smallest absolute Gasteiger partial charge is 0.349 e. The van der Waals surface area contributed by atoms with Crippen molar-refractivity contribution in [1.82, 2.24) is 10.2 Å². The van der Waals surface area contributed by atoms with Gasteiger partial charge in [0.15, 0.2) is 0 Å². The second-order valence-corrected chi connectivity index (χ2v) is 8.30. The van der Waals surface area contributed by atoms with E-state index in [-0.39, 0.29) is 16.9 Å². The van der Waals surface area contributed by atoms with Crippen LogP contribution < -0.4 is 10.9 Å². The normalized spacial score (nSPS) is 22.0. The molecule has 148 valence electrons. The number of rotatable bonds is 4. The van der Waals surface area contributed by atoms with Gasteiger partial charge in [0.05, 0.1) is 0 Å². The number of likely N-dealkylation sites (tertiary alicyclic amines) is 1. The van der Waals surface area contributed by atoms with Gasteiger partial charge in [-0.1, -0.05) is 30.3 Å². The first kappa shape index (κ1) is 18.9. The molecule has 2 aliphatic rings. The molecule has 28 heavy (non-hydrogen) atoms. The van der Waals surface area contributed by atoms with Crippen LogP contribution in [0.4, 0.5) is 0 Å². The van der Waals surface area contributed by atoms with Crippen molar-refractivity contribution in [2.24, 2.45) is 5.41 Å². The van der Waals surface area contributed by atoms with E-state index < -0.39 is 5.63 Å². The summed E-state index contributed by atoms with van der Waals surface area (Å²) in [6, 6.07) is 12.0. The number of nitrogens with one attached hydrogen (secondary N) is 1. The molecule has 1 amide bonds. The Kier molecular flexibility index (Phi) is 5.36. The van der Waals surface area contributed by atoms with E-state index in [1.54, 1.807) is 0 Å². The van der Waals surface area contributed by atoms with E-state index in [9.17, 15) is 9.59 Å². The number of nitrogens with zero attached hydrogens (tertiary/aromatic N) is 1. The van der Waals surface area contributed by atoms with Crippen LogP contribution in [0.15, 0.2) is 45.6 Å². The number of amides is 1. The fourth-order valence-electron chi connectivity index (χ4n) is 4.65. The predicted molar refractivity (Wildman–Crippen MR) is 109 cm³/mol. The SMILES string of the molecule is Cc1cc(CCc2ccccc2)oc(=O)c1C(=O)N1CCCC2(CCNC2)C1. The number of hydrogen-bond acceptors (Lipinski definition) is 4. The molecule has 2 fully saturated rings. The van der Waals surface area contributed by atoms with Gasteiger partial charge in [-0.2, -0.15) is 0 Å². The molecule has 1 unspecified atom stereocenters. The van der Waals surface area contributed by atoms with Crippen LogP contribution >= 0.6 is 0 Å². The molecule has 1 N–H and O–H groups in total. The van der Waals surface area contributed by atoms with Gasteiger partial charge >= 0.3 is 5.63 Å². The molecule has 0 aliphatic carbocycles. The quantitative estimate of drug-likeness (QED) is 0.886. The second-order valence-electron chi connectivity index (χ2n) is 8.30. The van der Waals surface area contributed by atoms with E-state index in [2.05, 4.69) is 17.4 Å². The van der Waals surface area contributed by atoms with Crippen molar-refractivity contribution in [3.8, 4) is 0 Å². The van der Waals surface area contributed by atoms with Gasteiger partial charge in [0, 0.05) is 31.5 Å². The minimum Gasteiger partial charge on any atom is -0.427 e. The van der Waals surface area contributed by atoms with Gasteiger partial charge in [-0.25, -0.2) is 4.79 Å². The molecule has 2 aromatic rings. The van der Waals surface area contributed by atoms with Gasteiger partial charge in [0.2, 0.25) is 0 Å². The molecular formula is C23H28N2O3. The molecule has 1 atom stereocenters. The third kappa shape index (κ3) is 3.90. The Bertz CT molecular complexity index is 898. The first-order valence-corrected chi connectivity index (χ1v) is 10.2. The Morgan fingerprint density at radius 1 is 1.21 bits per heavy atom. The van der Waals surface area contributed by atoms with Crippen molar-refractivity contribution in [2.45, 2.75) is 39.0 Å². The third-order valence-electron chi connectivity index (χ3n) is 6.20. The maximum Gasteiger partial charge on any atom is 0.349 e. The van der Waals surface area contributed by atoms with Crippen molar-refractivity contribution in [3.63, 3.8) is 0 Å². The zero-order valence-electron chi connectivity index (χ0n) is 16.5. The summed E-state index contributed by atoms with van der Waals surface area (Å²) in [6.45, 7) is 5.26. The van der Waals surface area contributed by atoms with Crippen LogP contribution in [0.2, 0.25) is 0 Å². The van der Waals surface area contributed by atoms with Crippen LogP contribution in [0.5, 0.6) is 0 Å². The number of benzene rings is 1. The summed E-state index contributed by atoms with van der Waals surface area (Å²) in [4.78, 5) is 27.6. The average Bonchev–Trinajstić information content (AvgIpc) is 3.14. The van der Waals surface area contributed by atoms with Crippen molar-refractivity contribution in [2.75, 3.05) is 26.2 Å². The largest absolute Gasteiger partial charge is 0.427 e. The summed E-state index contributed by atoms with van der Waals surface area (Å²) in [5.41, 5.74) is 1.79. The predicted octanol–water partition coefficient (Wildman–Crippen LogP) is 2.95.